The van der Waals surface area contributed by atoms with Crippen LogP contribution >= 0.6 is 11.6 Å². The van der Waals surface area contributed by atoms with Gasteiger partial charge in [0.05, 0.1) is 0 Å². The highest BCUT2D eigenvalue weighted by molar-refractivity contribution is 6.17. The van der Waals surface area contributed by atoms with Gasteiger partial charge in [0.2, 0.25) is 0 Å². The van der Waals surface area contributed by atoms with Crippen molar-refractivity contribution in [2.24, 2.45) is 5.41 Å². The fourth-order valence-electron chi connectivity index (χ4n) is 2.15. The molecule has 2 aromatic rings. The van der Waals surface area contributed by atoms with Crippen LogP contribution in [0.4, 0.5) is 0 Å². The number of nitrogens with one attached hydrogen (secondary N) is 1. The van der Waals surface area contributed by atoms with E-state index in [0.717, 1.165) is 17.4 Å². The Morgan fingerprint density at radius 3 is 2.65 bits per heavy atom. The minimum Gasteiger partial charge on any atom is -0.451 e. The van der Waals surface area contributed by atoms with E-state index in [2.05, 4.69) is 26.1 Å². The second kappa shape index (κ2) is 5.88. The van der Waals surface area contributed by atoms with Crippen LogP contribution in [0.2, 0.25) is 0 Å². The minimum atomic E-state index is -0.189. The number of hydrogen-bond donors (Lipinski definition) is 1. The summed E-state index contributed by atoms with van der Waals surface area (Å²) >= 11 is 5.82. The highest BCUT2D eigenvalue weighted by Gasteiger charge is 2.27. The lowest BCUT2D eigenvalue weighted by molar-refractivity contribution is 0.0874. The van der Waals surface area contributed by atoms with Crippen LogP contribution in [0.1, 0.15) is 37.7 Å². The van der Waals surface area contributed by atoms with E-state index >= 15 is 0 Å². The van der Waals surface area contributed by atoms with Crippen LogP contribution < -0.4 is 5.32 Å². The summed E-state index contributed by atoms with van der Waals surface area (Å²) in [6.45, 7) is 6.26. The highest BCUT2D eigenvalue weighted by atomic mass is 35.5. The van der Waals surface area contributed by atoms with Crippen LogP contribution in [-0.4, -0.2) is 17.8 Å². The Morgan fingerprint density at radius 2 is 2.05 bits per heavy atom. The van der Waals surface area contributed by atoms with Crippen LogP contribution in [0.5, 0.6) is 0 Å². The summed E-state index contributed by atoms with van der Waals surface area (Å²) in [5.74, 6) is 0.670. The lowest BCUT2D eigenvalue weighted by atomic mass is 9.85. The molecule has 0 aliphatic heterocycles. The second-order valence-corrected chi connectivity index (χ2v) is 6.40. The van der Waals surface area contributed by atoms with Gasteiger partial charge >= 0.3 is 0 Å². The molecule has 0 aliphatic carbocycles. The van der Waals surface area contributed by atoms with Crippen molar-refractivity contribution in [1.82, 2.24) is 5.32 Å². The third-order valence-electron chi connectivity index (χ3n) is 3.40. The van der Waals surface area contributed by atoms with Crippen LogP contribution in [0, 0.1) is 5.41 Å². The van der Waals surface area contributed by atoms with E-state index < -0.39 is 0 Å². The summed E-state index contributed by atoms with van der Waals surface area (Å²) in [6.07, 6.45) is 0.733. The maximum Gasteiger partial charge on any atom is 0.287 e. The standard InChI is InChI=1S/C16H20ClNO2/c1-16(2,3)14(8-9-17)18-15(19)13-10-11-6-4-5-7-12(11)20-13/h4-7,10,14H,8-9H2,1-3H3,(H,18,19). The van der Waals surface area contributed by atoms with Crippen LogP contribution in [0.25, 0.3) is 11.0 Å². The third-order valence-corrected chi connectivity index (χ3v) is 3.62. The summed E-state index contributed by atoms with van der Waals surface area (Å²) in [7, 11) is 0. The number of furan rings is 1. The van der Waals surface area contributed by atoms with Crippen molar-refractivity contribution < 1.29 is 9.21 Å². The maximum atomic E-state index is 12.3. The van der Waals surface area contributed by atoms with Crippen molar-refractivity contribution >= 4 is 28.5 Å². The van der Waals surface area contributed by atoms with E-state index in [9.17, 15) is 4.79 Å². The van der Waals surface area contributed by atoms with Crippen molar-refractivity contribution in [3.05, 3.63) is 36.1 Å². The zero-order valence-electron chi connectivity index (χ0n) is 12.1. The van der Waals surface area contributed by atoms with Gasteiger partial charge in [0, 0.05) is 17.3 Å². The molecule has 2 rings (SSSR count). The molecule has 20 heavy (non-hydrogen) atoms. The smallest absolute Gasteiger partial charge is 0.287 e. The summed E-state index contributed by atoms with van der Waals surface area (Å²) in [5, 5.41) is 3.95. The molecule has 1 N–H and O–H groups in total. The molecule has 0 bridgehead atoms. The molecular formula is C16H20ClNO2. The van der Waals surface area contributed by atoms with Gasteiger partial charge in [0.25, 0.3) is 5.91 Å². The Morgan fingerprint density at radius 1 is 1.35 bits per heavy atom. The second-order valence-electron chi connectivity index (χ2n) is 6.02. The van der Waals surface area contributed by atoms with E-state index in [1.54, 1.807) is 6.07 Å². The highest BCUT2D eigenvalue weighted by Crippen LogP contribution is 2.24. The Bertz CT molecular complexity index is 565. The Balaban J connectivity index is 2.18. The first-order valence-corrected chi connectivity index (χ1v) is 7.30. The van der Waals surface area contributed by atoms with Gasteiger partial charge in [-0.05, 0) is 24.0 Å². The van der Waals surface area contributed by atoms with Gasteiger partial charge in [-0.3, -0.25) is 4.79 Å². The van der Waals surface area contributed by atoms with E-state index in [1.165, 1.54) is 0 Å². The quantitative estimate of drug-likeness (QED) is 0.858. The molecule has 1 aromatic carbocycles. The molecule has 1 amide bonds. The zero-order chi connectivity index (χ0) is 14.8. The fourth-order valence-corrected chi connectivity index (χ4v) is 2.37. The van der Waals surface area contributed by atoms with Crippen molar-refractivity contribution in [3.8, 4) is 0 Å². The lowest BCUT2D eigenvalue weighted by Crippen LogP contribution is -2.43. The number of benzene rings is 1. The summed E-state index contributed by atoms with van der Waals surface area (Å²) < 4.78 is 5.58. The van der Waals surface area contributed by atoms with Crippen molar-refractivity contribution in [2.45, 2.75) is 33.2 Å². The number of halogens is 1. The maximum absolute atomic E-state index is 12.3. The van der Waals surface area contributed by atoms with Crippen LogP contribution in [0.3, 0.4) is 0 Å². The molecule has 1 atom stereocenters. The average molecular weight is 294 g/mol. The molecule has 1 aromatic heterocycles. The first kappa shape index (κ1) is 14.9. The molecule has 0 aliphatic rings. The predicted molar refractivity (Wildman–Crippen MR) is 82.3 cm³/mol. The van der Waals surface area contributed by atoms with Gasteiger partial charge < -0.3 is 9.73 Å². The number of alkyl halides is 1. The van der Waals surface area contributed by atoms with E-state index in [-0.39, 0.29) is 17.4 Å². The third kappa shape index (κ3) is 3.34. The molecule has 4 heteroatoms. The number of carbonyl (C=O) groups excluding carboxylic acids is 1. The van der Waals surface area contributed by atoms with Gasteiger partial charge in [0.1, 0.15) is 5.58 Å². The monoisotopic (exact) mass is 293 g/mol. The number of hydrogen-bond acceptors (Lipinski definition) is 2. The fraction of sp³-hybridized carbons (Fsp3) is 0.438. The molecule has 1 unspecified atom stereocenters. The molecule has 0 saturated heterocycles. The number of para-hydroxylation sites is 1. The number of rotatable bonds is 4. The van der Waals surface area contributed by atoms with Gasteiger partial charge in [-0.1, -0.05) is 39.0 Å². The number of fused-ring (bicyclic) bond motifs is 1. The molecule has 108 valence electrons. The molecule has 0 fully saturated rings. The number of carbonyl (C=O) groups is 1. The van der Waals surface area contributed by atoms with Gasteiger partial charge in [-0.15, -0.1) is 11.6 Å². The van der Waals surface area contributed by atoms with Crippen LogP contribution in [-0.2, 0) is 0 Å². The molecule has 0 spiro atoms. The topological polar surface area (TPSA) is 42.2 Å². The van der Waals surface area contributed by atoms with Crippen molar-refractivity contribution in [1.29, 1.82) is 0 Å². The lowest BCUT2D eigenvalue weighted by Gasteiger charge is -2.30. The average Bonchev–Trinajstić information content (AvgIpc) is 2.80. The van der Waals surface area contributed by atoms with Crippen molar-refractivity contribution in [3.63, 3.8) is 0 Å². The van der Waals surface area contributed by atoms with Crippen LogP contribution in [0.15, 0.2) is 34.7 Å². The molecular weight excluding hydrogens is 274 g/mol. The van der Waals surface area contributed by atoms with E-state index in [1.807, 2.05) is 24.3 Å². The SMILES string of the molecule is CC(C)(C)C(CCCl)NC(=O)c1cc2ccccc2o1. The number of amides is 1. The van der Waals surface area contributed by atoms with Gasteiger partial charge in [0.15, 0.2) is 5.76 Å². The molecule has 3 nitrogen and oxygen atoms in total. The Labute approximate surface area is 124 Å². The molecule has 0 saturated carbocycles. The molecule has 0 radical (unpaired) electrons. The zero-order valence-corrected chi connectivity index (χ0v) is 12.8. The van der Waals surface area contributed by atoms with E-state index in [4.69, 9.17) is 16.0 Å². The predicted octanol–water partition coefficient (Wildman–Crippen LogP) is 4.21. The van der Waals surface area contributed by atoms with Gasteiger partial charge in [-0.25, -0.2) is 0 Å². The van der Waals surface area contributed by atoms with E-state index in [0.29, 0.717) is 11.6 Å². The van der Waals surface area contributed by atoms with Crippen molar-refractivity contribution in [2.75, 3.05) is 5.88 Å². The van der Waals surface area contributed by atoms with Gasteiger partial charge in [-0.2, -0.15) is 0 Å². The Kier molecular flexibility index (Phi) is 4.39. The summed E-state index contributed by atoms with van der Waals surface area (Å²) in [4.78, 5) is 12.3. The largest absolute Gasteiger partial charge is 0.451 e. The normalized spacial score (nSPS) is 13.4. The first-order valence-electron chi connectivity index (χ1n) is 6.77. The summed E-state index contributed by atoms with van der Waals surface area (Å²) in [5.41, 5.74) is 0.679. The first-order chi connectivity index (χ1) is 9.41. The minimum absolute atomic E-state index is 0.0145. The summed E-state index contributed by atoms with van der Waals surface area (Å²) in [6, 6.07) is 9.37. The molecule has 1 heterocycles. The Hall–Kier alpha value is -1.48.